The number of alkyl halides is 1. The van der Waals surface area contributed by atoms with Crippen LogP contribution in [0.1, 0.15) is 12.5 Å². The van der Waals surface area contributed by atoms with Gasteiger partial charge in [0.15, 0.2) is 0 Å². The number of hydrogen-bond acceptors (Lipinski definition) is 3. The van der Waals surface area contributed by atoms with Gasteiger partial charge in [0.2, 0.25) is 11.9 Å². The Hall–Kier alpha value is -1.38. The van der Waals surface area contributed by atoms with Gasteiger partial charge in [0.05, 0.1) is 5.02 Å². The number of nitrogens with zero attached hydrogens (tertiary/aromatic N) is 1. The monoisotopic (exact) mass is 215 g/mol. The van der Waals surface area contributed by atoms with Crippen LogP contribution in [0, 0.1) is 0 Å². The molecule has 0 aliphatic rings. The minimum atomic E-state index is -2.17. The van der Waals surface area contributed by atoms with E-state index in [9.17, 15) is 9.18 Å². The van der Waals surface area contributed by atoms with E-state index in [0.717, 1.165) is 13.0 Å². The third kappa shape index (κ3) is 2.10. The van der Waals surface area contributed by atoms with E-state index in [0.29, 0.717) is 0 Å². The summed E-state index contributed by atoms with van der Waals surface area (Å²) in [7, 11) is 0. The van der Waals surface area contributed by atoms with Crippen molar-refractivity contribution in [2.24, 2.45) is 4.99 Å². The highest BCUT2D eigenvalue weighted by Gasteiger charge is 2.25. The molecule has 0 aliphatic heterocycles. The number of benzene rings is 1. The summed E-state index contributed by atoms with van der Waals surface area (Å²) in [6.07, 6.45) is 1.13. The number of phenolic OH excluding ortho intramolecular Hbond substituents is 1. The molecule has 0 saturated carbocycles. The Morgan fingerprint density at radius 2 is 2.29 bits per heavy atom. The van der Waals surface area contributed by atoms with Gasteiger partial charge in [-0.05, 0) is 19.1 Å². The molecule has 1 atom stereocenters. The molecule has 14 heavy (non-hydrogen) atoms. The van der Waals surface area contributed by atoms with Crippen molar-refractivity contribution in [3.8, 4) is 5.75 Å². The molecule has 0 radical (unpaired) electrons. The van der Waals surface area contributed by atoms with E-state index < -0.39 is 5.79 Å². The van der Waals surface area contributed by atoms with Crippen LogP contribution < -0.4 is 0 Å². The molecule has 5 heteroatoms. The Morgan fingerprint density at radius 3 is 2.79 bits per heavy atom. The molecular weight excluding hydrogens is 209 g/mol. The van der Waals surface area contributed by atoms with Crippen LogP contribution >= 0.6 is 11.6 Å². The molecule has 0 bridgehead atoms. The highest BCUT2D eigenvalue weighted by atomic mass is 35.5. The van der Waals surface area contributed by atoms with E-state index >= 15 is 0 Å². The molecule has 3 nitrogen and oxygen atoms in total. The maximum Gasteiger partial charge on any atom is 0.238 e. The highest BCUT2D eigenvalue weighted by Crippen LogP contribution is 2.32. The third-order valence-electron chi connectivity index (χ3n) is 1.73. The zero-order valence-electron chi connectivity index (χ0n) is 7.29. The number of hydrogen-bond donors (Lipinski definition) is 1. The fourth-order valence-corrected chi connectivity index (χ4v) is 1.12. The quantitative estimate of drug-likeness (QED) is 0.468. The summed E-state index contributed by atoms with van der Waals surface area (Å²) in [5.41, 5.74) is 0.0867. The van der Waals surface area contributed by atoms with Gasteiger partial charge in [-0.25, -0.2) is 9.18 Å². The van der Waals surface area contributed by atoms with Crippen LogP contribution in [-0.4, -0.2) is 11.2 Å². The topological polar surface area (TPSA) is 49.7 Å². The second-order valence-corrected chi connectivity index (χ2v) is 3.23. The van der Waals surface area contributed by atoms with Gasteiger partial charge in [-0.1, -0.05) is 17.7 Å². The summed E-state index contributed by atoms with van der Waals surface area (Å²) in [5, 5.41) is 9.08. The van der Waals surface area contributed by atoms with Crippen molar-refractivity contribution in [3.05, 3.63) is 28.8 Å². The van der Waals surface area contributed by atoms with Crippen LogP contribution in [-0.2, 0) is 10.6 Å². The normalized spacial score (nSPS) is 14.2. The molecule has 1 rings (SSSR count). The maximum absolute atomic E-state index is 13.6. The molecule has 0 heterocycles. The number of aromatic hydroxyl groups is 1. The lowest BCUT2D eigenvalue weighted by Gasteiger charge is -2.13. The Bertz CT molecular complexity index is 400. The summed E-state index contributed by atoms with van der Waals surface area (Å²) in [5.74, 6) is -2.32. The lowest BCUT2D eigenvalue weighted by Crippen LogP contribution is -2.11. The number of rotatable bonds is 2. The first kappa shape index (κ1) is 10.7. The van der Waals surface area contributed by atoms with Crippen LogP contribution in [0.15, 0.2) is 23.2 Å². The van der Waals surface area contributed by atoms with Crippen molar-refractivity contribution in [2.45, 2.75) is 12.7 Å². The molecule has 0 saturated heterocycles. The first-order valence-corrected chi connectivity index (χ1v) is 4.12. The minimum absolute atomic E-state index is 0.00692. The van der Waals surface area contributed by atoms with E-state index in [1.807, 2.05) is 0 Å². The standard InChI is InChI=1S/C9H7ClFNO2/c1-9(11,12-5-13)6-2-3-8(14)7(10)4-6/h2-4,14H,1H3. The van der Waals surface area contributed by atoms with Crippen molar-refractivity contribution < 1.29 is 14.3 Å². The van der Waals surface area contributed by atoms with Crippen LogP contribution in [0.2, 0.25) is 5.02 Å². The average molecular weight is 216 g/mol. The van der Waals surface area contributed by atoms with Crippen molar-refractivity contribution in [1.82, 2.24) is 0 Å². The lowest BCUT2D eigenvalue weighted by molar-refractivity contribution is 0.206. The van der Waals surface area contributed by atoms with Crippen LogP contribution in [0.25, 0.3) is 0 Å². The maximum atomic E-state index is 13.6. The SMILES string of the molecule is CC(F)(N=C=O)c1ccc(O)c(Cl)c1. The molecule has 1 aromatic rings. The van der Waals surface area contributed by atoms with E-state index in [1.54, 1.807) is 0 Å². The number of carbonyl (C=O) groups excluding carboxylic acids is 1. The van der Waals surface area contributed by atoms with Gasteiger partial charge in [0.1, 0.15) is 5.75 Å². The molecular formula is C9H7ClFNO2. The highest BCUT2D eigenvalue weighted by molar-refractivity contribution is 6.32. The Balaban J connectivity index is 3.20. The van der Waals surface area contributed by atoms with Gasteiger partial charge in [0.25, 0.3) is 0 Å². The molecule has 0 fully saturated rings. The first-order valence-electron chi connectivity index (χ1n) is 3.74. The lowest BCUT2D eigenvalue weighted by atomic mass is 10.1. The second-order valence-electron chi connectivity index (χ2n) is 2.82. The molecule has 1 N–H and O–H groups in total. The van der Waals surface area contributed by atoms with Crippen LogP contribution in [0.3, 0.4) is 0 Å². The van der Waals surface area contributed by atoms with Crippen molar-refractivity contribution in [3.63, 3.8) is 0 Å². The number of isocyanates is 1. The summed E-state index contributed by atoms with van der Waals surface area (Å²) in [6.45, 7) is 1.10. The number of aliphatic imine (C=N–C) groups is 1. The van der Waals surface area contributed by atoms with Gasteiger partial charge in [0, 0.05) is 5.56 Å². The number of phenols is 1. The average Bonchev–Trinajstić information content (AvgIpc) is 2.09. The summed E-state index contributed by atoms with van der Waals surface area (Å²) in [6, 6.07) is 3.73. The van der Waals surface area contributed by atoms with E-state index in [-0.39, 0.29) is 16.3 Å². The molecule has 0 spiro atoms. The molecule has 1 aromatic carbocycles. The predicted molar refractivity (Wildman–Crippen MR) is 49.7 cm³/mol. The van der Waals surface area contributed by atoms with E-state index in [1.165, 1.54) is 18.2 Å². The summed E-state index contributed by atoms with van der Waals surface area (Å²) >= 11 is 5.56. The zero-order valence-corrected chi connectivity index (χ0v) is 8.05. The summed E-state index contributed by atoms with van der Waals surface area (Å²) < 4.78 is 13.6. The Morgan fingerprint density at radius 1 is 1.64 bits per heavy atom. The van der Waals surface area contributed by atoms with Crippen molar-refractivity contribution >= 4 is 17.7 Å². The number of halogens is 2. The van der Waals surface area contributed by atoms with E-state index in [2.05, 4.69) is 4.99 Å². The Kier molecular flexibility index (Phi) is 2.89. The Labute approximate surface area is 84.8 Å². The fraction of sp³-hybridized carbons (Fsp3) is 0.222. The molecule has 0 aliphatic carbocycles. The summed E-state index contributed by atoms with van der Waals surface area (Å²) in [4.78, 5) is 12.9. The van der Waals surface area contributed by atoms with Crippen molar-refractivity contribution in [1.29, 1.82) is 0 Å². The van der Waals surface area contributed by atoms with E-state index in [4.69, 9.17) is 16.7 Å². The smallest absolute Gasteiger partial charge is 0.238 e. The first-order chi connectivity index (χ1) is 6.47. The minimum Gasteiger partial charge on any atom is -0.506 e. The predicted octanol–water partition coefficient (Wildman–Crippen LogP) is 2.52. The molecule has 0 aromatic heterocycles. The van der Waals surface area contributed by atoms with Crippen LogP contribution in [0.5, 0.6) is 5.75 Å². The molecule has 74 valence electrons. The zero-order chi connectivity index (χ0) is 10.8. The second kappa shape index (κ2) is 3.78. The molecule has 1 unspecified atom stereocenters. The van der Waals surface area contributed by atoms with Gasteiger partial charge in [-0.15, -0.1) is 0 Å². The van der Waals surface area contributed by atoms with Gasteiger partial charge >= 0.3 is 0 Å². The largest absolute Gasteiger partial charge is 0.506 e. The fourth-order valence-electron chi connectivity index (χ4n) is 0.941. The van der Waals surface area contributed by atoms with Gasteiger partial charge < -0.3 is 5.11 Å². The van der Waals surface area contributed by atoms with Crippen LogP contribution in [0.4, 0.5) is 4.39 Å². The van der Waals surface area contributed by atoms with Gasteiger partial charge in [-0.2, -0.15) is 4.99 Å². The molecule has 0 amide bonds. The van der Waals surface area contributed by atoms with Gasteiger partial charge in [-0.3, -0.25) is 0 Å². The third-order valence-corrected chi connectivity index (χ3v) is 2.03. The van der Waals surface area contributed by atoms with Crippen molar-refractivity contribution in [2.75, 3.05) is 0 Å².